The van der Waals surface area contributed by atoms with Crippen LogP contribution in [0.2, 0.25) is 0 Å². The molecule has 2 amide bonds. The molecule has 0 spiro atoms. The monoisotopic (exact) mass is 253 g/mol. The highest BCUT2D eigenvalue weighted by Gasteiger charge is 2.29. The predicted molar refractivity (Wildman–Crippen MR) is 68.8 cm³/mol. The summed E-state index contributed by atoms with van der Waals surface area (Å²) in [5, 5.41) is 3.27. The van der Waals surface area contributed by atoms with Crippen molar-refractivity contribution >= 4 is 11.8 Å². The van der Waals surface area contributed by atoms with Crippen LogP contribution in [0.15, 0.2) is 0 Å². The molecule has 2 fully saturated rings. The van der Waals surface area contributed by atoms with Gasteiger partial charge in [-0.1, -0.05) is 6.42 Å². The van der Waals surface area contributed by atoms with Crippen LogP contribution in [0.25, 0.3) is 0 Å². The summed E-state index contributed by atoms with van der Waals surface area (Å²) in [6.45, 7) is 1.91. The van der Waals surface area contributed by atoms with E-state index in [0.717, 1.165) is 38.8 Å². The van der Waals surface area contributed by atoms with Gasteiger partial charge in [-0.3, -0.25) is 9.59 Å². The number of rotatable bonds is 5. The molecule has 1 aliphatic carbocycles. The fourth-order valence-electron chi connectivity index (χ4n) is 2.77. The van der Waals surface area contributed by atoms with Gasteiger partial charge in [0, 0.05) is 12.5 Å². The number of hydrogen-bond donors (Lipinski definition) is 2. The lowest BCUT2D eigenvalue weighted by molar-refractivity contribution is -0.139. The van der Waals surface area contributed by atoms with E-state index in [9.17, 15) is 9.59 Å². The van der Waals surface area contributed by atoms with Gasteiger partial charge < -0.3 is 16.0 Å². The molecule has 0 aromatic heterocycles. The molecule has 5 heteroatoms. The third-order valence-electron chi connectivity index (χ3n) is 4.08. The van der Waals surface area contributed by atoms with Crippen LogP contribution in [-0.4, -0.2) is 42.4 Å². The Kier molecular flexibility index (Phi) is 4.58. The third-order valence-corrected chi connectivity index (χ3v) is 4.08. The lowest BCUT2D eigenvalue weighted by atomic mass is 9.82. The number of nitrogens with two attached hydrogens (primary N) is 1. The van der Waals surface area contributed by atoms with Crippen molar-refractivity contribution in [1.29, 1.82) is 0 Å². The third kappa shape index (κ3) is 3.45. The predicted octanol–water partition coefficient (Wildman–Crippen LogP) is 0.242. The summed E-state index contributed by atoms with van der Waals surface area (Å²) in [5.41, 5.74) is 5.27. The summed E-state index contributed by atoms with van der Waals surface area (Å²) >= 11 is 0. The SMILES string of the molecule is NC(=O)CN(C(=O)CC1CCC1)C1CCNCC1. The van der Waals surface area contributed by atoms with Gasteiger partial charge in [0.1, 0.15) is 0 Å². The van der Waals surface area contributed by atoms with Crippen LogP contribution < -0.4 is 11.1 Å². The summed E-state index contributed by atoms with van der Waals surface area (Å²) in [6.07, 6.45) is 5.98. The highest BCUT2D eigenvalue weighted by Crippen LogP contribution is 2.30. The molecule has 1 heterocycles. The van der Waals surface area contributed by atoms with Gasteiger partial charge in [0.2, 0.25) is 11.8 Å². The number of amides is 2. The maximum Gasteiger partial charge on any atom is 0.237 e. The van der Waals surface area contributed by atoms with Gasteiger partial charge in [-0.05, 0) is 44.7 Å². The van der Waals surface area contributed by atoms with Crippen molar-refractivity contribution in [2.75, 3.05) is 19.6 Å². The van der Waals surface area contributed by atoms with Crippen molar-refractivity contribution in [1.82, 2.24) is 10.2 Å². The molecule has 0 aromatic carbocycles. The number of nitrogens with zero attached hydrogens (tertiary/aromatic N) is 1. The molecule has 102 valence electrons. The second kappa shape index (κ2) is 6.18. The van der Waals surface area contributed by atoms with E-state index in [4.69, 9.17) is 5.73 Å². The summed E-state index contributed by atoms with van der Waals surface area (Å²) in [5.74, 6) is 0.246. The molecule has 5 nitrogen and oxygen atoms in total. The molecule has 0 radical (unpaired) electrons. The maximum atomic E-state index is 12.3. The zero-order valence-corrected chi connectivity index (χ0v) is 10.9. The van der Waals surface area contributed by atoms with Gasteiger partial charge in [0.25, 0.3) is 0 Å². The largest absolute Gasteiger partial charge is 0.368 e. The average Bonchev–Trinajstić information content (AvgIpc) is 2.31. The van der Waals surface area contributed by atoms with Crippen LogP contribution in [0.4, 0.5) is 0 Å². The molecule has 1 aliphatic heterocycles. The van der Waals surface area contributed by atoms with E-state index in [1.165, 1.54) is 6.42 Å². The zero-order valence-electron chi connectivity index (χ0n) is 10.9. The summed E-state index contributed by atoms with van der Waals surface area (Å²) in [7, 11) is 0. The number of nitrogens with one attached hydrogen (secondary N) is 1. The average molecular weight is 253 g/mol. The first-order valence-corrected chi connectivity index (χ1v) is 6.95. The topological polar surface area (TPSA) is 75.4 Å². The number of piperidine rings is 1. The highest BCUT2D eigenvalue weighted by atomic mass is 16.2. The molecular formula is C13H23N3O2. The molecule has 0 atom stereocenters. The van der Waals surface area contributed by atoms with Crippen molar-refractivity contribution in [3.63, 3.8) is 0 Å². The van der Waals surface area contributed by atoms with E-state index in [0.29, 0.717) is 12.3 Å². The standard InChI is InChI=1S/C13H23N3O2/c14-12(17)9-16(11-4-6-15-7-5-11)13(18)8-10-2-1-3-10/h10-11,15H,1-9H2,(H2,14,17). The fourth-order valence-corrected chi connectivity index (χ4v) is 2.77. The quantitative estimate of drug-likeness (QED) is 0.737. The van der Waals surface area contributed by atoms with Crippen molar-refractivity contribution in [2.24, 2.45) is 11.7 Å². The van der Waals surface area contributed by atoms with E-state index in [-0.39, 0.29) is 18.5 Å². The zero-order chi connectivity index (χ0) is 13.0. The molecule has 0 aromatic rings. The first-order valence-electron chi connectivity index (χ1n) is 6.95. The van der Waals surface area contributed by atoms with Crippen LogP contribution in [0, 0.1) is 5.92 Å². The normalized spacial score (nSPS) is 21.3. The molecule has 0 unspecified atom stereocenters. The van der Waals surface area contributed by atoms with Gasteiger partial charge in [-0.15, -0.1) is 0 Å². The van der Waals surface area contributed by atoms with E-state index in [2.05, 4.69) is 5.32 Å². The van der Waals surface area contributed by atoms with Crippen molar-refractivity contribution in [3.05, 3.63) is 0 Å². The lowest BCUT2D eigenvalue weighted by Gasteiger charge is -2.36. The summed E-state index contributed by atoms with van der Waals surface area (Å²) in [4.78, 5) is 25.1. The van der Waals surface area contributed by atoms with E-state index >= 15 is 0 Å². The number of primary amides is 1. The minimum Gasteiger partial charge on any atom is -0.368 e. The number of carbonyl (C=O) groups is 2. The lowest BCUT2D eigenvalue weighted by Crippen LogP contribution is -2.49. The van der Waals surface area contributed by atoms with Gasteiger partial charge in [-0.25, -0.2) is 0 Å². The van der Waals surface area contributed by atoms with Gasteiger partial charge in [0.15, 0.2) is 0 Å². The first-order chi connectivity index (χ1) is 8.66. The molecule has 1 saturated heterocycles. The Morgan fingerprint density at radius 2 is 1.83 bits per heavy atom. The Hall–Kier alpha value is -1.10. The first kappa shape index (κ1) is 13.3. The van der Waals surface area contributed by atoms with E-state index < -0.39 is 5.91 Å². The molecule has 18 heavy (non-hydrogen) atoms. The molecule has 2 rings (SSSR count). The second-order valence-corrected chi connectivity index (χ2v) is 5.47. The van der Waals surface area contributed by atoms with Crippen molar-refractivity contribution in [3.8, 4) is 0 Å². The van der Waals surface area contributed by atoms with Crippen LogP contribution in [0.5, 0.6) is 0 Å². The number of hydrogen-bond acceptors (Lipinski definition) is 3. The summed E-state index contributed by atoms with van der Waals surface area (Å²) in [6, 6.07) is 0.186. The Morgan fingerprint density at radius 1 is 1.17 bits per heavy atom. The van der Waals surface area contributed by atoms with Crippen molar-refractivity contribution in [2.45, 2.75) is 44.6 Å². The molecule has 3 N–H and O–H groups in total. The molecular weight excluding hydrogens is 230 g/mol. The minimum atomic E-state index is -0.407. The second-order valence-electron chi connectivity index (χ2n) is 5.47. The fraction of sp³-hybridized carbons (Fsp3) is 0.846. The summed E-state index contributed by atoms with van der Waals surface area (Å²) < 4.78 is 0. The van der Waals surface area contributed by atoms with Crippen molar-refractivity contribution < 1.29 is 9.59 Å². The Morgan fingerprint density at radius 3 is 2.33 bits per heavy atom. The van der Waals surface area contributed by atoms with Gasteiger partial charge in [-0.2, -0.15) is 0 Å². The smallest absolute Gasteiger partial charge is 0.237 e. The van der Waals surface area contributed by atoms with Crippen LogP contribution in [0.3, 0.4) is 0 Å². The number of carbonyl (C=O) groups excluding carboxylic acids is 2. The Bertz CT molecular complexity index is 309. The Balaban J connectivity index is 1.93. The van der Waals surface area contributed by atoms with Crippen LogP contribution in [-0.2, 0) is 9.59 Å². The molecule has 2 aliphatic rings. The van der Waals surface area contributed by atoms with Crippen LogP contribution in [0.1, 0.15) is 38.5 Å². The van der Waals surface area contributed by atoms with Crippen LogP contribution >= 0.6 is 0 Å². The van der Waals surface area contributed by atoms with E-state index in [1.54, 1.807) is 4.90 Å². The van der Waals surface area contributed by atoms with Gasteiger partial charge >= 0.3 is 0 Å². The molecule has 0 bridgehead atoms. The maximum absolute atomic E-state index is 12.3. The van der Waals surface area contributed by atoms with Gasteiger partial charge in [0.05, 0.1) is 6.54 Å². The minimum absolute atomic E-state index is 0.0796. The Labute approximate surface area is 108 Å². The highest BCUT2D eigenvalue weighted by molar-refractivity contribution is 5.84. The molecule has 1 saturated carbocycles. The van der Waals surface area contributed by atoms with E-state index in [1.807, 2.05) is 0 Å².